The molecule has 864 valence electrons. The third kappa shape index (κ3) is 61.9. The van der Waals surface area contributed by atoms with Gasteiger partial charge in [0.2, 0.25) is 53.2 Å². The van der Waals surface area contributed by atoms with E-state index in [9.17, 15) is 86.9 Å². The number of hydrogen-bond acceptors (Lipinski definition) is 38. The summed E-state index contributed by atoms with van der Waals surface area (Å²) in [4.78, 5) is 204. The summed E-state index contributed by atoms with van der Waals surface area (Å²) in [7, 11) is 14.1. The molecule has 0 aliphatic carbocycles. The minimum atomic E-state index is -0.964. The van der Waals surface area contributed by atoms with Crippen molar-refractivity contribution in [2.45, 2.75) is 323 Å². The summed E-state index contributed by atoms with van der Waals surface area (Å²) in [6.07, 6.45) is 2.29. The van der Waals surface area contributed by atoms with E-state index in [1.807, 2.05) is 88.2 Å². The summed E-state index contributed by atoms with van der Waals surface area (Å²) in [6.45, 7) is 25.2. The van der Waals surface area contributed by atoms with E-state index in [1.165, 1.54) is 61.7 Å². The van der Waals surface area contributed by atoms with E-state index in [0.29, 0.717) is 57.9 Å². The second-order valence-electron chi connectivity index (χ2n) is 36.2. The van der Waals surface area contributed by atoms with E-state index in [0.717, 1.165) is 4.90 Å². The molecule has 0 bridgehead atoms. The highest BCUT2D eigenvalue weighted by molar-refractivity contribution is 6.13. The smallest absolute Gasteiger partial charge is 0.328 e. The van der Waals surface area contributed by atoms with Gasteiger partial charge in [0, 0.05) is 152 Å². The monoisotopic (exact) mass is 2140 g/mol. The van der Waals surface area contributed by atoms with Crippen molar-refractivity contribution in [2.24, 2.45) is 23.7 Å². The number of aliphatic hydroxyl groups is 5. The third-order valence-corrected chi connectivity index (χ3v) is 23.9. The molecular weight excluding hydrogens is 1960 g/mol. The maximum Gasteiger partial charge on any atom is 0.328 e. The second kappa shape index (κ2) is 85.2. The first-order chi connectivity index (χ1) is 70.9. The van der Waals surface area contributed by atoms with Crippen LogP contribution < -0.4 is 37.2 Å². The molecule has 1 fully saturated rings. The van der Waals surface area contributed by atoms with Crippen molar-refractivity contribution < 1.29 is 183 Å². The molecule has 1 saturated heterocycles. The predicted octanol–water partition coefficient (Wildman–Crippen LogP) is 1.39. The summed E-state index contributed by atoms with van der Waals surface area (Å²) < 4.78 is 84.5. The SMILES string of the molecule is CCC(CO)OC(CO)OC.CCC(CO)OC(COC(=O)CCCC(=O)NCCNC(=O)CCOCCOCCNC(=O)CCN1C(=O)C=CC1=O)OC.CCC(CO)OC(COC(=O)CCCC(=O)N[C@@H](C)C(=O)OCCCNC(=O)[C@H](CC)NC(=O)[C@H](C)[C@@H](OC)[C@@H]1CCCN1C(=O)C[C@@H](OC)[C@H]([C@@H](C)CC)N(C)C(=O)[C@@H](NC(=O)[C@H](C(C)C)N(C)C)C(C)C)OC.CCC(CO)OC(COC(=O)CCCC(=O)O)OC. The highest BCUT2D eigenvalue weighted by atomic mass is 16.7. The van der Waals surface area contributed by atoms with Crippen LogP contribution in [-0.2, 0) is 153 Å². The molecule has 2 aliphatic rings. The van der Waals surface area contributed by atoms with Gasteiger partial charge in [-0.25, -0.2) is 4.79 Å². The summed E-state index contributed by atoms with van der Waals surface area (Å²) in [6, 6.07) is -4.05. The number of methoxy groups -OCH3 is 6. The Hall–Kier alpha value is -9.26. The number of nitrogens with zero attached hydrogens (tertiary/aromatic N) is 4. The Kier molecular flexibility index (Phi) is 81.1. The number of carbonyl (C=O) groups is 16. The first kappa shape index (κ1) is 142. The zero-order chi connectivity index (χ0) is 113. The van der Waals surface area contributed by atoms with E-state index < -0.39 is 151 Å². The van der Waals surface area contributed by atoms with Gasteiger partial charge in [0.1, 0.15) is 37.9 Å². The summed E-state index contributed by atoms with van der Waals surface area (Å²) in [5.74, 6) is -7.89. The number of likely N-dealkylation sites (N-methyl/N-ethyl adjacent to an activating group) is 2. The van der Waals surface area contributed by atoms with Crippen molar-refractivity contribution in [2.75, 3.05) is 189 Å². The van der Waals surface area contributed by atoms with Gasteiger partial charge >= 0.3 is 29.8 Å². The minimum Gasteiger partial charge on any atom is -0.481 e. The van der Waals surface area contributed by atoms with Crippen molar-refractivity contribution >= 4 is 94.8 Å². The van der Waals surface area contributed by atoms with Crippen molar-refractivity contribution in [1.82, 2.24) is 56.8 Å². The van der Waals surface area contributed by atoms with Gasteiger partial charge in [-0.05, 0) is 109 Å². The first-order valence-electron chi connectivity index (χ1n) is 51.5. The fraction of sp³-hybridized carbons (Fsp3) is 0.820. The molecule has 49 nitrogen and oxygen atoms in total. The Morgan fingerprint density at radius 3 is 1.32 bits per heavy atom. The largest absolute Gasteiger partial charge is 0.481 e. The number of aliphatic hydroxyl groups excluding tert-OH is 5. The Morgan fingerprint density at radius 1 is 0.443 bits per heavy atom. The Bertz CT molecular complexity index is 3760. The Balaban J connectivity index is 0. The van der Waals surface area contributed by atoms with Gasteiger partial charge in [-0.3, -0.25) is 81.7 Å². The molecule has 2 heterocycles. The van der Waals surface area contributed by atoms with Crippen molar-refractivity contribution in [3.8, 4) is 0 Å². The zero-order valence-electron chi connectivity index (χ0n) is 92.0. The average molecular weight is 2150 g/mol. The molecule has 49 heteroatoms. The number of esters is 4. The van der Waals surface area contributed by atoms with Crippen LogP contribution in [0.25, 0.3) is 0 Å². The molecule has 2 rings (SSSR count). The molecule has 8 unspecified atom stereocenters. The average Bonchev–Trinajstić information content (AvgIpc) is 1.66. The molecule has 2 aliphatic heterocycles. The number of rotatable bonds is 80. The Morgan fingerprint density at radius 2 is 0.899 bits per heavy atom. The van der Waals surface area contributed by atoms with Gasteiger partial charge in [0.25, 0.3) is 11.8 Å². The van der Waals surface area contributed by atoms with Crippen molar-refractivity contribution in [3.05, 3.63) is 12.2 Å². The van der Waals surface area contributed by atoms with E-state index >= 15 is 0 Å². The first-order valence-corrected chi connectivity index (χ1v) is 51.5. The fourth-order valence-corrected chi connectivity index (χ4v) is 14.9. The summed E-state index contributed by atoms with van der Waals surface area (Å²) in [5, 5.41) is 72.3. The topological polar surface area (TPSA) is 639 Å². The maximum atomic E-state index is 14.3. The van der Waals surface area contributed by atoms with E-state index in [1.54, 1.807) is 30.7 Å². The van der Waals surface area contributed by atoms with Gasteiger partial charge in [0.05, 0.1) is 133 Å². The number of carboxylic acid groups (broad SMARTS) is 1. The van der Waals surface area contributed by atoms with E-state index in [4.69, 9.17) is 96.2 Å². The number of amides is 11. The zero-order valence-corrected chi connectivity index (χ0v) is 92.0. The van der Waals surface area contributed by atoms with Crippen LogP contribution in [0.1, 0.15) is 225 Å². The van der Waals surface area contributed by atoms with Gasteiger partial charge < -0.3 is 153 Å². The van der Waals surface area contributed by atoms with Crippen LogP contribution in [0.5, 0.6) is 0 Å². The molecule has 11 amide bonds. The lowest BCUT2D eigenvalue weighted by Crippen LogP contribution is -2.59. The molecular formula is C100H181N11O38. The summed E-state index contributed by atoms with van der Waals surface area (Å²) >= 11 is 0. The standard InChI is InChI=1S/C53H97N7O15.C28H46N4O12.C12H22O7.C7H16O4/c1-17-34(8)47(59(13)52(68)45(32(4)5)57-51(67)46(33(6)7)58(11)12)40(70-14)29-42(63)60-27-21-23-39(60)48(72-16)35(9)49(65)56-38(19-3)50(66)54-26-22-28-73-53(69)36(10)55-41(62)24-20-25-43(64)74-31-44(71-15)75-37(18-2)30-61;1-3-21(19-33)44-28(40-2)20-43-27(39)6-4-5-22(34)29-11-12-30-24(36)10-15-41-17-18-42-16-13-31-23(35)9-14-32-25(37)7-8-26(32)38;1-3-9(7-13)19-12(17-2)8-18-11(16)6-4-5-10(14)15;1-3-6(4-8)11-7(5-9)10-2/h32-40,44-48,61H,17-31H2,1-16H3,(H,54,66)(H,55,62)(H,56,65)(H,57,67);7-8,21,28,33H,3-6,9-20H2,1-2H3,(H,29,34)(H,30,36)(H,31,35);9,12-13H,3-8H2,1-2H3,(H,14,15);6-9H,3-5H2,1-2H3/t34-,35+,36-,37?,38-,39-,40+,44?,45-,46-,47-,48+;;;/m0.../s1. The molecule has 0 aromatic carbocycles. The van der Waals surface area contributed by atoms with Crippen LogP contribution in [0, 0.1) is 23.7 Å². The van der Waals surface area contributed by atoms with Gasteiger partial charge in [-0.1, -0.05) is 89.5 Å². The summed E-state index contributed by atoms with van der Waals surface area (Å²) in [5.41, 5.74) is 0. The number of carbonyl (C=O) groups excluding carboxylic acids is 15. The third-order valence-electron chi connectivity index (χ3n) is 23.9. The predicted molar refractivity (Wildman–Crippen MR) is 541 cm³/mol. The lowest BCUT2D eigenvalue weighted by atomic mass is 9.89. The molecule has 18 atom stereocenters. The Labute approximate surface area is 878 Å². The lowest BCUT2D eigenvalue weighted by molar-refractivity contribution is -0.194. The minimum absolute atomic E-state index is 0.00954. The second-order valence-corrected chi connectivity index (χ2v) is 36.2. The van der Waals surface area contributed by atoms with Crippen LogP contribution in [0.2, 0.25) is 0 Å². The maximum absolute atomic E-state index is 14.3. The van der Waals surface area contributed by atoms with E-state index in [2.05, 4.69) is 37.2 Å². The molecule has 13 N–H and O–H groups in total. The normalized spacial score (nSPS) is 16.2. The van der Waals surface area contributed by atoms with Crippen LogP contribution in [0.4, 0.5) is 0 Å². The number of ether oxygens (including phenoxy) is 16. The molecule has 149 heavy (non-hydrogen) atoms. The molecule has 0 spiro atoms. The number of imide groups is 1. The lowest BCUT2D eigenvalue weighted by Gasteiger charge is -2.41. The van der Waals surface area contributed by atoms with Crippen molar-refractivity contribution in [1.29, 1.82) is 0 Å². The quantitative estimate of drug-likeness (QED) is 0.0134. The molecule has 0 aromatic rings. The molecule has 0 radical (unpaired) electrons. The van der Waals surface area contributed by atoms with Crippen LogP contribution >= 0.6 is 0 Å². The highest BCUT2D eigenvalue weighted by Crippen LogP contribution is 2.31. The number of nitrogens with one attached hydrogen (secondary N) is 7. The van der Waals surface area contributed by atoms with Gasteiger partial charge in [0.15, 0.2) is 25.2 Å². The van der Waals surface area contributed by atoms with Crippen LogP contribution in [0.15, 0.2) is 12.2 Å². The van der Waals surface area contributed by atoms with Crippen LogP contribution in [0.3, 0.4) is 0 Å². The fourth-order valence-electron chi connectivity index (χ4n) is 14.9. The number of hydrogen-bond donors (Lipinski definition) is 13. The van der Waals surface area contributed by atoms with E-state index in [-0.39, 0.29) is 267 Å². The highest BCUT2D eigenvalue weighted by Gasteiger charge is 2.44. The number of aliphatic carboxylic acids is 1. The van der Waals surface area contributed by atoms with Crippen LogP contribution in [-0.4, -0.2) is 432 Å². The van der Waals surface area contributed by atoms with Gasteiger partial charge in [-0.2, -0.15) is 0 Å². The molecule has 0 saturated carbocycles. The number of carboxylic acids is 1. The number of likely N-dealkylation sites (tertiary alicyclic amines) is 1. The van der Waals surface area contributed by atoms with Gasteiger partial charge in [-0.15, -0.1) is 0 Å². The van der Waals surface area contributed by atoms with Crippen molar-refractivity contribution in [3.63, 3.8) is 0 Å². The molecule has 0 aromatic heterocycles.